The fraction of sp³-hybridized carbons (Fsp3) is 0.400. The Labute approximate surface area is 192 Å². The van der Waals surface area contributed by atoms with Gasteiger partial charge in [0, 0.05) is 36.0 Å². The zero-order valence-electron chi connectivity index (χ0n) is 16.0. The summed E-state index contributed by atoms with van der Waals surface area (Å²) in [5, 5.41) is 6.61. The first-order chi connectivity index (χ1) is 14.0. The minimum atomic E-state index is -0.390. The SMILES string of the molecule is COc1cc2c(cc1O[C@H](C)c1c(Cl)cncc1Cl)c(I)nn2C1CCCCO1. The van der Waals surface area contributed by atoms with E-state index in [1.807, 2.05) is 23.7 Å². The molecule has 29 heavy (non-hydrogen) atoms. The second-order valence-corrected chi connectivity index (χ2v) is 8.69. The van der Waals surface area contributed by atoms with Crippen LogP contribution in [0.25, 0.3) is 10.9 Å². The first kappa shape index (κ1) is 21.0. The van der Waals surface area contributed by atoms with E-state index in [4.69, 9.17) is 42.5 Å². The lowest BCUT2D eigenvalue weighted by Gasteiger charge is -2.24. The highest BCUT2D eigenvalue weighted by Gasteiger charge is 2.24. The average molecular weight is 548 g/mol. The van der Waals surface area contributed by atoms with Gasteiger partial charge in [0.1, 0.15) is 9.80 Å². The summed E-state index contributed by atoms with van der Waals surface area (Å²) in [6, 6.07) is 3.89. The molecule has 0 amide bonds. The molecule has 0 radical (unpaired) electrons. The van der Waals surface area contributed by atoms with Crippen molar-refractivity contribution in [2.24, 2.45) is 0 Å². The molecule has 3 heterocycles. The van der Waals surface area contributed by atoms with Gasteiger partial charge in [-0.05, 0) is 54.8 Å². The molecule has 0 spiro atoms. The maximum atomic E-state index is 6.29. The van der Waals surface area contributed by atoms with Gasteiger partial charge in [-0.15, -0.1) is 0 Å². The van der Waals surface area contributed by atoms with E-state index in [2.05, 4.69) is 27.6 Å². The predicted octanol–water partition coefficient (Wildman–Crippen LogP) is 6.19. The molecule has 1 aliphatic heterocycles. The minimum Gasteiger partial charge on any atom is -0.493 e. The molecule has 0 saturated carbocycles. The Bertz CT molecular complexity index is 1020. The van der Waals surface area contributed by atoms with E-state index in [0.717, 1.165) is 40.5 Å². The van der Waals surface area contributed by atoms with Crippen LogP contribution < -0.4 is 9.47 Å². The van der Waals surface area contributed by atoms with E-state index >= 15 is 0 Å². The summed E-state index contributed by atoms with van der Waals surface area (Å²) in [5.74, 6) is 1.21. The number of rotatable bonds is 5. The minimum absolute atomic E-state index is 0.0559. The molecule has 154 valence electrons. The van der Waals surface area contributed by atoms with Crippen LogP contribution in [0.3, 0.4) is 0 Å². The van der Waals surface area contributed by atoms with Crippen LogP contribution in [0.2, 0.25) is 10.0 Å². The van der Waals surface area contributed by atoms with Gasteiger partial charge in [0.05, 0.1) is 22.7 Å². The summed E-state index contributed by atoms with van der Waals surface area (Å²) in [5.41, 5.74) is 1.64. The van der Waals surface area contributed by atoms with Crippen LogP contribution in [0.4, 0.5) is 0 Å². The molecule has 0 aliphatic carbocycles. The smallest absolute Gasteiger partial charge is 0.162 e. The number of halogens is 3. The normalized spacial score (nSPS) is 18.0. The van der Waals surface area contributed by atoms with Crippen LogP contribution in [0, 0.1) is 3.70 Å². The summed E-state index contributed by atoms with van der Waals surface area (Å²) >= 11 is 14.8. The molecule has 0 bridgehead atoms. The van der Waals surface area contributed by atoms with Gasteiger partial charge in [0.15, 0.2) is 17.7 Å². The number of hydrogen-bond acceptors (Lipinski definition) is 5. The Kier molecular flexibility index (Phi) is 6.38. The first-order valence-corrected chi connectivity index (χ1v) is 11.2. The number of hydrogen-bond donors (Lipinski definition) is 0. The number of nitrogens with zero attached hydrogens (tertiary/aromatic N) is 3. The fourth-order valence-electron chi connectivity index (χ4n) is 3.55. The molecule has 3 aromatic rings. The van der Waals surface area contributed by atoms with Gasteiger partial charge in [0.25, 0.3) is 0 Å². The lowest BCUT2D eigenvalue weighted by molar-refractivity contribution is -0.0368. The Morgan fingerprint density at radius 3 is 2.62 bits per heavy atom. The lowest BCUT2D eigenvalue weighted by atomic mass is 10.1. The summed E-state index contributed by atoms with van der Waals surface area (Å²) in [7, 11) is 1.62. The van der Waals surface area contributed by atoms with E-state index in [0.29, 0.717) is 27.1 Å². The molecule has 2 atom stereocenters. The molecule has 2 aromatic heterocycles. The Morgan fingerprint density at radius 1 is 1.21 bits per heavy atom. The van der Waals surface area contributed by atoms with Gasteiger partial charge in [-0.2, -0.15) is 5.10 Å². The summed E-state index contributed by atoms with van der Waals surface area (Å²) in [6.45, 7) is 2.65. The van der Waals surface area contributed by atoms with Crippen LogP contribution in [-0.2, 0) is 4.74 Å². The Balaban J connectivity index is 1.72. The van der Waals surface area contributed by atoms with Gasteiger partial charge in [-0.3, -0.25) is 4.98 Å². The summed E-state index contributed by atoms with van der Waals surface area (Å²) in [4.78, 5) is 4.00. The third kappa shape index (κ3) is 4.15. The molecule has 1 unspecified atom stereocenters. The van der Waals surface area contributed by atoms with Crippen molar-refractivity contribution >= 4 is 56.7 Å². The van der Waals surface area contributed by atoms with Crippen LogP contribution >= 0.6 is 45.8 Å². The second-order valence-electron chi connectivity index (χ2n) is 6.85. The Morgan fingerprint density at radius 2 is 1.97 bits per heavy atom. The van der Waals surface area contributed by atoms with Crippen molar-refractivity contribution in [1.29, 1.82) is 0 Å². The van der Waals surface area contributed by atoms with E-state index in [9.17, 15) is 0 Å². The quantitative estimate of drug-likeness (QED) is 0.356. The van der Waals surface area contributed by atoms with Crippen molar-refractivity contribution in [3.63, 3.8) is 0 Å². The molecular formula is C20H20Cl2IN3O3. The third-order valence-corrected chi connectivity index (χ3v) is 6.37. The van der Waals surface area contributed by atoms with E-state index in [1.165, 1.54) is 0 Å². The number of ether oxygens (including phenoxy) is 3. The molecule has 1 aromatic carbocycles. The van der Waals surface area contributed by atoms with Crippen LogP contribution in [0.5, 0.6) is 11.5 Å². The van der Waals surface area contributed by atoms with Gasteiger partial charge >= 0.3 is 0 Å². The molecule has 1 fully saturated rings. The van der Waals surface area contributed by atoms with E-state index < -0.39 is 6.10 Å². The maximum Gasteiger partial charge on any atom is 0.162 e. The van der Waals surface area contributed by atoms with Gasteiger partial charge in [-0.25, -0.2) is 4.68 Å². The first-order valence-electron chi connectivity index (χ1n) is 9.32. The molecular weight excluding hydrogens is 528 g/mol. The number of aromatic nitrogens is 3. The van der Waals surface area contributed by atoms with Gasteiger partial charge in [0.2, 0.25) is 0 Å². The van der Waals surface area contributed by atoms with Crippen molar-refractivity contribution in [2.45, 2.75) is 38.5 Å². The van der Waals surface area contributed by atoms with Crippen LogP contribution in [0.15, 0.2) is 24.5 Å². The molecule has 0 N–H and O–H groups in total. The number of methoxy groups -OCH3 is 1. The number of pyridine rings is 1. The third-order valence-electron chi connectivity index (χ3n) is 4.98. The Hall–Kier alpha value is -1.29. The highest BCUT2D eigenvalue weighted by Crippen LogP contribution is 2.40. The van der Waals surface area contributed by atoms with Crippen molar-refractivity contribution in [3.05, 3.63) is 43.8 Å². The molecule has 1 saturated heterocycles. The standard InChI is InChI=1S/C20H20Cl2IN3O3/c1-11(19-13(21)9-24-10-14(19)22)29-17-7-12-15(8-16(17)27-2)26(25-20(12)23)18-5-3-4-6-28-18/h7-11,18H,3-6H2,1-2H3/t11-,18?/m1/s1. The average Bonchev–Trinajstić information content (AvgIpc) is 3.03. The highest BCUT2D eigenvalue weighted by atomic mass is 127. The molecule has 1 aliphatic rings. The van der Waals surface area contributed by atoms with Crippen LogP contribution in [-0.4, -0.2) is 28.5 Å². The van der Waals surface area contributed by atoms with Crippen LogP contribution in [0.1, 0.15) is 44.1 Å². The highest BCUT2D eigenvalue weighted by molar-refractivity contribution is 14.1. The zero-order valence-corrected chi connectivity index (χ0v) is 19.7. The number of fused-ring (bicyclic) bond motifs is 1. The molecule has 4 rings (SSSR count). The monoisotopic (exact) mass is 547 g/mol. The topological polar surface area (TPSA) is 58.4 Å². The van der Waals surface area contributed by atoms with Gasteiger partial charge < -0.3 is 14.2 Å². The largest absolute Gasteiger partial charge is 0.493 e. The second kappa shape index (κ2) is 8.83. The number of benzene rings is 1. The van der Waals surface area contributed by atoms with Crippen molar-refractivity contribution in [3.8, 4) is 11.5 Å². The van der Waals surface area contributed by atoms with Crippen molar-refractivity contribution in [2.75, 3.05) is 13.7 Å². The molecule has 6 nitrogen and oxygen atoms in total. The summed E-state index contributed by atoms with van der Waals surface area (Å²) in [6.07, 6.45) is 5.83. The predicted molar refractivity (Wildman–Crippen MR) is 121 cm³/mol. The molecule has 9 heteroatoms. The summed E-state index contributed by atoms with van der Waals surface area (Å²) < 4.78 is 20.6. The maximum absolute atomic E-state index is 6.29. The zero-order chi connectivity index (χ0) is 20.5. The van der Waals surface area contributed by atoms with Crippen molar-refractivity contribution < 1.29 is 14.2 Å². The van der Waals surface area contributed by atoms with Gasteiger partial charge in [-0.1, -0.05) is 23.2 Å². The van der Waals surface area contributed by atoms with Crippen molar-refractivity contribution in [1.82, 2.24) is 14.8 Å². The van der Waals surface area contributed by atoms with E-state index in [1.54, 1.807) is 19.5 Å². The van der Waals surface area contributed by atoms with E-state index in [-0.39, 0.29) is 6.23 Å². The fourth-order valence-corrected chi connectivity index (χ4v) is 4.89. The lowest BCUT2D eigenvalue weighted by Crippen LogP contribution is -2.19.